The Labute approximate surface area is 97.2 Å². The molecule has 0 aliphatic rings. The van der Waals surface area contributed by atoms with Gasteiger partial charge in [-0.05, 0) is 18.6 Å². The van der Waals surface area contributed by atoms with Crippen LogP contribution in [-0.4, -0.2) is 17.8 Å². The number of hydrogen-bond donors (Lipinski definition) is 0. The highest BCUT2D eigenvalue weighted by atomic mass is 35.5. The van der Waals surface area contributed by atoms with E-state index in [0.717, 1.165) is 0 Å². The predicted molar refractivity (Wildman–Crippen MR) is 57.3 cm³/mol. The van der Waals surface area contributed by atoms with E-state index in [0.29, 0.717) is 6.42 Å². The molecule has 1 aromatic carbocycles. The molecular weight excluding hydrogens is 238 g/mol. The molecule has 1 atom stereocenters. The third-order valence-electron chi connectivity index (χ3n) is 2.01. The molecule has 1 rings (SSSR count). The number of rotatable bonds is 5. The lowest BCUT2D eigenvalue weighted by Gasteiger charge is -2.11. The molecule has 0 bridgehead atoms. The number of hydrogen-bond acceptors (Lipinski definition) is 2. The first kappa shape index (κ1) is 12.9. The molecule has 0 saturated carbocycles. The van der Waals surface area contributed by atoms with Crippen LogP contribution in [0.4, 0.5) is 8.78 Å². The largest absolute Gasteiger partial charge is 0.434 e. The van der Waals surface area contributed by atoms with Gasteiger partial charge in [0.2, 0.25) is 0 Å². The lowest BCUT2D eigenvalue weighted by atomic mass is 10.1. The molecule has 88 valence electrons. The van der Waals surface area contributed by atoms with Crippen molar-refractivity contribution in [1.29, 1.82) is 0 Å². The van der Waals surface area contributed by atoms with E-state index in [9.17, 15) is 13.6 Å². The SMILES string of the molecule is CCC(Cl)C(=O)c1ccccc1OC(F)F. The van der Waals surface area contributed by atoms with Crippen molar-refractivity contribution in [2.45, 2.75) is 25.3 Å². The zero-order valence-corrected chi connectivity index (χ0v) is 9.38. The van der Waals surface area contributed by atoms with Gasteiger partial charge in [-0.2, -0.15) is 8.78 Å². The molecule has 2 nitrogen and oxygen atoms in total. The van der Waals surface area contributed by atoms with Gasteiger partial charge in [0.25, 0.3) is 0 Å². The highest BCUT2D eigenvalue weighted by Gasteiger charge is 2.20. The zero-order chi connectivity index (χ0) is 12.1. The van der Waals surface area contributed by atoms with Crippen LogP contribution in [0.2, 0.25) is 0 Å². The second kappa shape index (κ2) is 5.80. The molecule has 1 aromatic rings. The van der Waals surface area contributed by atoms with Crippen molar-refractivity contribution in [3.8, 4) is 5.75 Å². The molecular formula is C11H11ClF2O2. The molecule has 0 aliphatic carbocycles. The van der Waals surface area contributed by atoms with E-state index in [1.54, 1.807) is 13.0 Å². The molecule has 1 unspecified atom stereocenters. The Balaban J connectivity index is 2.98. The topological polar surface area (TPSA) is 26.3 Å². The molecule has 0 fully saturated rings. The molecule has 5 heteroatoms. The predicted octanol–water partition coefficient (Wildman–Crippen LogP) is 3.49. The van der Waals surface area contributed by atoms with Crippen LogP contribution in [-0.2, 0) is 0 Å². The van der Waals surface area contributed by atoms with Gasteiger partial charge in [0.15, 0.2) is 5.78 Å². The molecule has 16 heavy (non-hydrogen) atoms. The molecule has 0 N–H and O–H groups in total. The van der Waals surface area contributed by atoms with Gasteiger partial charge >= 0.3 is 6.61 Å². The maximum absolute atomic E-state index is 12.1. The minimum absolute atomic E-state index is 0.0876. The Morgan fingerprint density at radius 3 is 2.62 bits per heavy atom. The van der Waals surface area contributed by atoms with Crippen molar-refractivity contribution < 1.29 is 18.3 Å². The van der Waals surface area contributed by atoms with Crippen LogP contribution in [0.1, 0.15) is 23.7 Å². The first-order valence-corrected chi connectivity index (χ1v) is 5.22. The summed E-state index contributed by atoms with van der Waals surface area (Å²) >= 11 is 5.77. The van der Waals surface area contributed by atoms with E-state index in [2.05, 4.69) is 4.74 Å². The van der Waals surface area contributed by atoms with E-state index in [4.69, 9.17) is 11.6 Å². The van der Waals surface area contributed by atoms with E-state index >= 15 is 0 Å². The van der Waals surface area contributed by atoms with Crippen LogP contribution < -0.4 is 4.74 Å². The second-order valence-corrected chi connectivity index (χ2v) is 3.64. The highest BCUT2D eigenvalue weighted by Crippen LogP contribution is 2.23. The van der Waals surface area contributed by atoms with Crippen LogP contribution >= 0.6 is 11.6 Å². The van der Waals surface area contributed by atoms with Crippen molar-refractivity contribution in [3.63, 3.8) is 0 Å². The average Bonchev–Trinajstić information content (AvgIpc) is 2.27. The number of halogens is 3. The fourth-order valence-electron chi connectivity index (χ4n) is 1.22. The van der Waals surface area contributed by atoms with E-state index in [1.807, 2.05) is 0 Å². The van der Waals surface area contributed by atoms with E-state index in [-0.39, 0.29) is 11.3 Å². The van der Waals surface area contributed by atoms with Gasteiger partial charge in [0, 0.05) is 0 Å². The monoisotopic (exact) mass is 248 g/mol. The minimum atomic E-state index is -2.95. The molecule has 0 amide bonds. The number of para-hydroxylation sites is 1. The lowest BCUT2D eigenvalue weighted by molar-refractivity contribution is -0.0501. The van der Waals surface area contributed by atoms with Crippen LogP contribution in [0.3, 0.4) is 0 Å². The van der Waals surface area contributed by atoms with Crippen LogP contribution in [0, 0.1) is 0 Å². The summed E-state index contributed by atoms with van der Waals surface area (Å²) in [5.74, 6) is -0.540. The Hall–Kier alpha value is -1.16. The number of carbonyl (C=O) groups excluding carboxylic acids is 1. The number of ether oxygens (including phenoxy) is 1. The van der Waals surface area contributed by atoms with Crippen LogP contribution in [0.5, 0.6) is 5.75 Å². The summed E-state index contributed by atoms with van der Waals surface area (Å²) in [5, 5.41) is -0.720. The van der Waals surface area contributed by atoms with Gasteiger partial charge in [-0.15, -0.1) is 11.6 Å². The van der Waals surface area contributed by atoms with Crippen molar-refractivity contribution in [2.75, 3.05) is 0 Å². The molecule has 0 saturated heterocycles. The summed E-state index contributed by atoms with van der Waals surface area (Å²) in [5.41, 5.74) is 0.0876. The van der Waals surface area contributed by atoms with Crippen molar-refractivity contribution >= 4 is 17.4 Å². The Morgan fingerprint density at radius 1 is 1.44 bits per heavy atom. The van der Waals surface area contributed by atoms with Crippen molar-refractivity contribution in [2.24, 2.45) is 0 Å². The maximum atomic E-state index is 12.1. The van der Waals surface area contributed by atoms with Gasteiger partial charge in [0.1, 0.15) is 5.75 Å². The third-order valence-corrected chi connectivity index (χ3v) is 2.52. The van der Waals surface area contributed by atoms with Gasteiger partial charge < -0.3 is 4.74 Å². The normalized spacial score (nSPS) is 12.6. The number of alkyl halides is 3. The van der Waals surface area contributed by atoms with Crippen molar-refractivity contribution in [3.05, 3.63) is 29.8 Å². The standard InChI is InChI=1S/C11H11ClF2O2/c1-2-8(12)10(15)7-5-3-4-6-9(7)16-11(13)14/h3-6,8,11H,2H2,1H3. The molecule has 0 radical (unpaired) electrons. The van der Waals surface area contributed by atoms with E-state index < -0.39 is 17.8 Å². The van der Waals surface area contributed by atoms with Gasteiger partial charge in [0.05, 0.1) is 10.9 Å². The molecule has 0 aliphatic heterocycles. The number of ketones is 1. The maximum Gasteiger partial charge on any atom is 0.387 e. The summed E-state index contributed by atoms with van der Waals surface area (Å²) in [6.45, 7) is -1.21. The smallest absolute Gasteiger partial charge is 0.387 e. The lowest BCUT2D eigenvalue weighted by Crippen LogP contribution is -2.16. The van der Waals surface area contributed by atoms with Gasteiger partial charge in [-0.3, -0.25) is 4.79 Å². The summed E-state index contributed by atoms with van der Waals surface area (Å²) in [7, 11) is 0. The average molecular weight is 249 g/mol. The molecule has 0 spiro atoms. The first-order valence-electron chi connectivity index (χ1n) is 4.78. The Morgan fingerprint density at radius 2 is 2.06 bits per heavy atom. The fraction of sp³-hybridized carbons (Fsp3) is 0.364. The third kappa shape index (κ3) is 3.17. The van der Waals surface area contributed by atoms with Gasteiger partial charge in [-0.25, -0.2) is 0 Å². The second-order valence-electron chi connectivity index (χ2n) is 3.11. The Kier molecular flexibility index (Phi) is 4.68. The molecule has 0 aromatic heterocycles. The number of carbonyl (C=O) groups is 1. The Bertz CT molecular complexity index is 369. The summed E-state index contributed by atoms with van der Waals surface area (Å²) in [4.78, 5) is 11.7. The van der Waals surface area contributed by atoms with Gasteiger partial charge in [-0.1, -0.05) is 19.1 Å². The summed E-state index contributed by atoms with van der Waals surface area (Å²) in [6.07, 6.45) is 0.434. The number of Topliss-reactive ketones (excluding diaryl/α,β-unsaturated/α-hetero) is 1. The van der Waals surface area contributed by atoms with E-state index in [1.165, 1.54) is 18.2 Å². The van der Waals surface area contributed by atoms with Crippen LogP contribution in [0.25, 0.3) is 0 Å². The summed E-state index contributed by atoms with van der Waals surface area (Å²) < 4.78 is 28.4. The first-order chi connectivity index (χ1) is 7.56. The quantitative estimate of drug-likeness (QED) is 0.589. The molecule has 0 heterocycles. The zero-order valence-electron chi connectivity index (χ0n) is 8.62. The summed E-state index contributed by atoms with van der Waals surface area (Å²) in [6, 6.07) is 5.83. The number of benzene rings is 1. The highest BCUT2D eigenvalue weighted by molar-refractivity contribution is 6.34. The van der Waals surface area contributed by atoms with Crippen LogP contribution in [0.15, 0.2) is 24.3 Å². The van der Waals surface area contributed by atoms with Crippen molar-refractivity contribution in [1.82, 2.24) is 0 Å². The fourth-order valence-corrected chi connectivity index (χ4v) is 1.34. The minimum Gasteiger partial charge on any atom is -0.434 e.